The number of amides is 2. The van der Waals surface area contributed by atoms with Gasteiger partial charge in [-0.25, -0.2) is 0 Å². The normalized spacial score (nSPS) is 20.0. The Balaban J connectivity index is 2.18. The molecule has 1 aromatic rings. The Hall–Kier alpha value is -1.06. The second-order valence-corrected chi connectivity index (χ2v) is 4.52. The first-order valence-electron chi connectivity index (χ1n) is 4.84. The summed E-state index contributed by atoms with van der Waals surface area (Å²) in [5, 5.41) is 3.18. The molecule has 1 atom stereocenters. The average molecular weight is 258 g/mol. The van der Waals surface area contributed by atoms with Gasteiger partial charge < -0.3 is 0 Å². The predicted octanol–water partition coefficient (Wildman–Crippen LogP) is 2.20. The number of carbonyl (C=O) groups excluding carboxylic acids is 2. The van der Waals surface area contributed by atoms with Crippen LogP contribution < -0.4 is 5.32 Å². The monoisotopic (exact) mass is 257 g/mol. The second kappa shape index (κ2) is 4.44. The van der Waals surface area contributed by atoms with Gasteiger partial charge in [0, 0.05) is 6.42 Å². The van der Waals surface area contributed by atoms with Crippen LogP contribution in [0.2, 0.25) is 10.0 Å². The van der Waals surface area contributed by atoms with Crippen molar-refractivity contribution >= 4 is 35.0 Å². The lowest BCUT2D eigenvalue weighted by Crippen LogP contribution is -2.22. The Morgan fingerprint density at radius 1 is 1.31 bits per heavy atom. The third-order valence-electron chi connectivity index (χ3n) is 2.56. The van der Waals surface area contributed by atoms with Gasteiger partial charge in [0.2, 0.25) is 11.8 Å². The molecule has 16 heavy (non-hydrogen) atoms. The molecule has 1 aliphatic rings. The van der Waals surface area contributed by atoms with Gasteiger partial charge in [0.1, 0.15) is 0 Å². The molecule has 2 rings (SSSR count). The molecule has 0 radical (unpaired) electrons. The fraction of sp³-hybridized carbons (Fsp3) is 0.273. The number of hydrogen-bond acceptors (Lipinski definition) is 2. The first kappa shape index (κ1) is 11.4. The van der Waals surface area contributed by atoms with E-state index < -0.39 is 0 Å². The number of benzene rings is 1. The van der Waals surface area contributed by atoms with Crippen molar-refractivity contribution in [1.29, 1.82) is 0 Å². The van der Waals surface area contributed by atoms with Crippen LogP contribution in [-0.2, 0) is 16.0 Å². The summed E-state index contributed by atoms with van der Waals surface area (Å²) < 4.78 is 0. The highest BCUT2D eigenvalue weighted by molar-refractivity contribution is 6.42. The number of carbonyl (C=O) groups is 2. The molecule has 1 N–H and O–H groups in total. The minimum Gasteiger partial charge on any atom is -0.296 e. The van der Waals surface area contributed by atoms with Crippen molar-refractivity contribution in [2.75, 3.05) is 0 Å². The Morgan fingerprint density at radius 2 is 2.06 bits per heavy atom. The van der Waals surface area contributed by atoms with E-state index >= 15 is 0 Å². The highest BCUT2D eigenvalue weighted by Crippen LogP contribution is 2.28. The minimum absolute atomic E-state index is 0.224. The molecule has 0 bridgehead atoms. The van der Waals surface area contributed by atoms with Crippen LogP contribution >= 0.6 is 23.2 Å². The fourth-order valence-electron chi connectivity index (χ4n) is 1.74. The van der Waals surface area contributed by atoms with Crippen molar-refractivity contribution in [2.24, 2.45) is 5.92 Å². The lowest BCUT2D eigenvalue weighted by atomic mass is 9.98. The summed E-state index contributed by atoms with van der Waals surface area (Å²) in [6, 6.07) is 5.27. The molecule has 0 aliphatic carbocycles. The van der Waals surface area contributed by atoms with Crippen LogP contribution in [0.5, 0.6) is 0 Å². The Kier molecular flexibility index (Phi) is 3.17. The van der Waals surface area contributed by atoms with E-state index in [9.17, 15) is 9.59 Å². The van der Waals surface area contributed by atoms with Crippen molar-refractivity contribution in [3.8, 4) is 0 Å². The smallest absolute Gasteiger partial charge is 0.230 e. The molecule has 1 aliphatic heterocycles. The third kappa shape index (κ3) is 2.20. The largest absolute Gasteiger partial charge is 0.296 e. The van der Waals surface area contributed by atoms with Gasteiger partial charge in [-0.05, 0) is 18.1 Å². The Bertz CT molecular complexity index is 459. The number of nitrogens with one attached hydrogen (secondary N) is 1. The second-order valence-electron chi connectivity index (χ2n) is 3.73. The van der Waals surface area contributed by atoms with Gasteiger partial charge in [-0.1, -0.05) is 35.3 Å². The molecule has 0 aromatic heterocycles. The summed E-state index contributed by atoms with van der Waals surface area (Å²) in [6.45, 7) is 0. The molecule has 0 saturated carbocycles. The van der Waals surface area contributed by atoms with Crippen LogP contribution in [0, 0.1) is 5.92 Å². The van der Waals surface area contributed by atoms with Crippen LogP contribution in [-0.4, -0.2) is 11.8 Å². The van der Waals surface area contributed by atoms with E-state index in [1.54, 1.807) is 12.1 Å². The van der Waals surface area contributed by atoms with Gasteiger partial charge in [0.05, 0.1) is 16.0 Å². The van der Waals surface area contributed by atoms with Crippen LogP contribution in [0.1, 0.15) is 12.0 Å². The van der Waals surface area contributed by atoms with Gasteiger partial charge in [0.15, 0.2) is 0 Å². The highest BCUT2D eigenvalue weighted by Gasteiger charge is 2.30. The molecule has 1 unspecified atom stereocenters. The molecule has 5 heteroatoms. The van der Waals surface area contributed by atoms with E-state index in [2.05, 4.69) is 5.32 Å². The maximum absolute atomic E-state index is 11.4. The number of rotatable bonds is 2. The molecule has 0 spiro atoms. The topological polar surface area (TPSA) is 46.2 Å². The van der Waals surface area contributed by atoms with Gasteiger partial charge >= 0.3 is 0 Å². The van der Waals surface area contributed by atoms with Gasteiger partial charge in [0.25, 0.3) is 0 Å². The van der Waals surface area contributed by atoms with E-state index in [4.69, 9.17) is 23.2 Å². The summed E-state index contributed by atoms with van der Waals surface area (Å²) in [5.74, 6) is -0.794. The highest BCUT2D eigenvalue weighted by atomic mass is 35.5. The average Bonchev–Trinajstić information content (AvgIpc) is 2.53. The zero-order valence-corrected chi connectivity index (χ0v) is 9.81. The molecule has 1 heterocycles. The van der Waals surface area contributed by atoms with Crippen molar-refractivity contribution in [1.82, 2.24) is 5.32 Å². The third-order valence-corrected chi connectivity index (χ3v) is 3.42. The molecular weight excluding hydrogens is 249 g/mol. The maximum atomic E-state index is 11.4. The predicted molar refractivity (Wildman–Crippen MR) is 61.4 cm³/mol. The van der Waals surface area contributed by atoms with E-state index in [1.165, 1.54) is 0 Å². The minimum atomic E-state index is -0.330. The summed E-state index contributed by atoms with van der Waals surface area (Å²) in [4.78, 5) is 22.4. The standard InChI is InChI=1S/C11H9Cl2NO2/c12-8-3-1-2-6(10(8)13)4-7-5-9(15)14-11(7)16/h1-3,7H,4-5H2,(H,14,15,16). The summed E-state index contributed by atoms with van der Waals surface area (Å²) in [5.41, 5.74) is 0.795. The van der Waals surface area contributed by atoms with Crippen LogP contribution in [0.15, 0.2) is 18.2 Å². The van der Waals surface area contributed by atoms with Crippen molar-refractivity contribution < 1.29 is 9.59 Å². The van der Waals surface area contributed by atoms with E-state index in [-0.39, 0.29) is 24.2 Å². The molecule has 2 amide bonds. The first-order chi connectivity index (χ1) is 7.58. The first-order valence-corrected chi connectivity index (χ1v) is 5.60. The summed E-state index contributed by atoms with van der Waals surface area (Å²) >= 11 is 11.9. The Labute approximate surface area is 103 Å². The molecular formula is C11H9Cl2NO2. The molecule has 1 saturated heterocycles. The van der Waals surface area contributed by atoms with Gasteiger partial charge in [-0.2, -0.15) is 0 Å². The van der Waals surface area contributed by atoms with Gasteiger partial charge in [-0.15, -0.1) is 0 Å². The van der Waals surface area contributed by atoms with Crippen molar-refractivity contribution in [2.45, 2.75) is 12.8 Å². The summed E-state index contributed by atoms with van der Waals surface area (Å²) in [7, 11) is 0. The summed E-state index contributed by atoms with van der Waals surface area (Å²) in [6.07, 6.45) is 0.665. The van der Waals surface area contributed by atoms with E-state index in [0.717, 1.165) is 5.56 Å². The lowest BCUT2D eigenvalue weighted by molar-refractivity contribution is -0.125. The molecule has 1 aromatic carbocycles. The fourth-order valence-corrected chi connectivity index (χ4v) is 2.14. The van der Waals surface area contributed by atoms with Crippen molar-refractivity contribution in [3.05, 3.63) is 33.8 Å². The number of imide groups is 1. The molecule has 1 fully saturated rings. The quantitative estimate of drug-likeness (QED) is 0.826. The van der Waals surface area contributed by atoms with Crippen LogP contribution in [0.3, 0.4) is 0 Å². The molecule has 3 nitrogen and oxygen atoms in total. The van der Waals surface area contributed by atoms with E-state index in [1.807, 2.05) is 6.07 Å². The van der Waals surface area contributed by atoms with Crippen LogP contribution in [0.4, 0.5) is 0 Å². The lowest BCUT2D eigenvalue weighted by Gasteiger charge is -2.08. The number of hydrogen-bond donors (Lipinski definition) is 1. The van der Waals surface area contributed by atoms with Crippen LogP contribution in [0.25, 0.3) is 0 Å². The maximum Gasteiger partial charge on any atom is 0.230 e. The number of halogens is 2. The van der Waals surface area contributed by atoms with Crippen molar-refractivity contribution in [3.63, 3.8) is 0 Å². The Morgan fingerprint density at radius 3 is 2.69 bits per heavy atom. The van der Waals surface area contributed by atoms with E-state index in [0.29, 0.717) is 16.5 Å². The van der Waals surface area contributed by atoms with Gasteiger partial charge in [-0.3, -0.25) is 14.9 Å². The zero-order valence-electron chi connectivity index (χ0n) is 8.30. The zero-order chi connectivity index (χ0) is 11.7. The molecule has 84 valence electrons. The SMILES string of the molecule is O=C1CC(Cc2cccc(Cl)c2Cl)C(=O)N1.